The minimum atomic E-state index is -0.721. The van der Waals surface area contributed by atoms with Crippen LogP contribution in [0.25, 0.3) is 0 Å². The molecule has 1 fully saturated rings. The van der Waals surface area contributed by atoms with Gasteiger partial charge in [0.05, 0.1) is 0 Å². The molecule has 104 valence electrons. The number of likely N-dealkylation sites (tertiary alicyclic amines) is 1. The number of halogens is 2. The lowest BCUT2D eigenvalue weighted by Gasteiger charge is -2.24. The first kappa shape index (κ1) is 13.9. The number of amides is 1. The zero-order valence-corrected chi connectivity index (χ0v) is 10.7. The molecule has 2 rings (SSSR count). The molecule has 0 spiro atoms. The fourth-order valence-electron chi connectivity index (χ4n) is 2.60. The van der Waals surface area contributed by atoms with Gasteiger partial charge in [0.1, 0.15) is 11.6 Å². The Kier molecular flexibility index (Phi) is 4.47. The Hall–Kier alpha value is -1.49. The predicted octanol–water partition coefficient (Wildman–Crippen LogP) is 2.31. The normalized spacial score (nSPS) is 18.9. The van der Waals surface area contributed by atoms with Crippen LogP contribution in [0, 0.1) is 11.6 Å². The van der Waals surface area contributed by atoms with Crippen LogP contribution in [0.3, 0.4) is 0 Å². The molecular weight excluding hydrogens is 250 g/mol. The largest absolute Gasteiger partial charge is 0.336 e. The third kappa shape index (κ3) is 3.29. The van der Waals surface area contributed by atoms with Crippen molar-refractivity contribution in [3.8, 4) is 0 Å². The summed E-state index contributed by atoms with van der Waals surface area (Å²) in [6.45, 7) is 1.24. The van der Waals surface area contributed by atoms with Gasteiger partial charge in [-0.25, -0.2) is 8.78 Å². The minimum Gasteiger partial charge on any atom is -0.336 e. The summed E-state index contributed by atoms with van der Waals surface area (Å²) in [6, 6.07) is 3.09. The number of hydrogen-bond donors (Lipinski definition) is 1. The molecule has 2 N–H and O–H groups in total. The zero-order chi connectivity index (χ0) is 13.8. The number of hydrogen-bond acceptors (Lipinski definition) is 2. The topological polar surface area (TPSA) is 46.3 Å². The molecule has 19 heavy (non-hydrogen) atoms. The average molecular weight is 268 g/mol. The smallest absolute Gasteiger partial charge is 0.254 e. The van der Waals surface area contributed by atoms with E-state index >= 15 is 0 Å². The van der Waals surface area contributed by atoms with Gasteiger partial charge in [-0.3, -0.25) is 4.79 Å². The summed E-state index contributed by atoms with van der Waals surface area (Å²) < 4.78 is 26.3. The van der Waals surface area contributed by atoms with Crippen LogP contribution in [0.2, 0.25) is 0 Å². The molecule has 1 amide bonds. The van der Waals surface area contributed by atoms with Gasteiger partial charge in [-0.15, -0.1) is 0 Å². The molecule has 1 atom stereocenters. The van der Waals surface area contributed by atoms with Crippen LogP contribution in [0.4, 0.5) is 8.78 Å². The first-order chi connectivity index (χ1) is 9.11. The second-order valence-corrected chi connectivity index (χ2v) is 4.88. The molecule has 0 saturated carbocycles. The Balaban J connectivity index is 2.13. The van der Waals surface area contributed by atoms with E-state index in [4.69, 9.17) is 5.73 Å². The minimum absolute atomic E-state index is 0.0807. The molecule has 3 nitrogen and oxygen atoms in total. The number of nitrogens with zero attached hydrogens (tertiary/aromatic N) is 1. The maximum atomic E-state index is 13.1. The number of nitrogens with two attached hydrogens (primary N) is 1. The van der Waals surface area contributed by atoms with Gasteiger partial charge in [-0.2, -0.15) is 0 Å². The van der Waals surface area contributed by atoms with Crippen molar-refractivity contribution in [1.82, 2.24) is 4.90 Å². The molecular formula is C14H18F2N2O. The number of carbonyl (C=O) groups is 1. The van der Waals surface area contributed by atoms with E-state index in [1.165, 1.54) is 0 Å². The zero-order valence-electron chi connectivity index (χ0n) is 10.7. The molecule has 0 bridgehead atoms. The highest BCUT2D eigenvalue weighted by Gasteiger charge is 2.29. The molecule has 1 saturated heterocycles. The molecule has 1 aliphatic rings. The van der Waals surface area contributed by atoms with Crippen LogP contribution in [0.5, 0.6) is 0 Å². The van der Waals surface area contributed by atoms with Crippen molar-refractivity contribution >= 4 is 5.91 Å². The van der Waals surface area contributed by atoms with E-state index in [2.05, 4.69) is 0 Å². The summed E-state index contributed by atoms with van der Waals surface area (Å²) in [5, 5.41) is 0. The van der Waals surface area contributed by atoms with Crippen molar-refractivity contribution in [2.24, 2.45) is 5.73 Å². The van der Waals surface area contributed by atoms with Gasteiger partial charge in [0.15, 0.2) is 0 Å². The Labute approximate surface area is 111 Å². The lowest BCUT2D eigenvalue weighted by molar-refractivity contribution is 0.0728. The van der Waals surface area contributed by atoms with Crippen molar-refractivity contribution in [1.29, 1.82) is 0 Å². The van der Waals surface area contributed by atoms with Gasteiger partial charge in [-0.1, -0.05) is 0 Å². The summed E-state index contributed by atoms with van der Waals surface area (Å²) in [5.41, 5.74) is 5.56. The van der Waals surface area contributed by atoms with E-state index in [1.54, 1.807) is 4.90 Å². The van der Waals surface area contributed by atoms with Crippen LogP contribution >= 0.6 is 0 Å². The fourth-order valence-corrected chi connectivity index (χ4v) is 2.60. The third-order valence-electron chi connectivity index (χ3n) is 3.49. The van der Waals surface area contributed by atoms with Crippen molar-refractivity contribution in [3.63, 3.8) is 0 Å². The molecule has 5 heteroatoms. The van der Waals surface area contributed by atoms with Crippen molar-refractivity contribution in [2.75, 3.05) is 13.1 Å². The maximum absolute atomic E-state index is 13.1. The summed E-state index contributed by atoms with van der Waals surface area (Å²) in [5.74, 6) is -1.74. The van der Waals surface area contributed by atoms with Crippen molar-refractivity contribution in [3.05, 3.63) is 35.4 Å². The fraction of sp³-hybridized carbons (Fsp3) is 0.500. The molecule has 0 radical (unpaired) electrons. The lowest BCUT2D eigenvalue weighted by Crippen LogP contribution is -2.35. The highest BCUT2D eigenvalue weighted by atomic mass is 19.1. The highest BCUT2D eigenvalue weighted by molar-refractivity contribution is 5.94. The van der Waals surface area contributed by atoms with E-state index < -0.39 is 11.6 Å². The summed E-state index contributed by atoms with van der Waals surface area (Å²) >= 11 is 0. The van der Waals surface area contributed by atoms with Crippen LogP contribution in [0.1, 0.15) is 36.0 Å². The van der Waals surface area contributed by atoms with Gasteiger partial charge >= 0.3 is 0 Å². The third-order valence-corrected chi connectivity index (χ3v) is 3.49. The van der Waals surface area contributed by atoms with Crippen LogP contribution in [0.15, 0.2) is 18.2 Å². The second kappa shape index (κ2) is 6.10. The standard InChI is InChI=1S/C14H18F2N2O/c15-11-7-10(8-12(16)9-11)14(19)18-6-2-4-13(18)3-1-5-17/h7-9,13H,1-6,17H2. The second-order valence-electron chi connectivity index (χ2n) is 4.88. The first-order valence-electron chi connectivity index (χ1n) is 6.59. The Morgan fingerprint density at radius 2 is 2.00 bits per heavy atom. The quantitative estimate of drug-likeness (QED) is 0.910. The molecule has 0 aliphatic carbocycles. The van der Waals surface area contributed by atoms with Crippen molar-refractivity contribution < 1.29 is 13.6 Å². The molecule has 1 heterocycles. The summed E-state index contributed by atoms with van der Waals surface area (Å²) in [7, 11) is 0. The Morgan fingerprint density at radius 3 is 2.63 bits per heavy atom. The van der Waals surface area contributed by atoms with Crippen LogP contribution < -0.4 is 5.73 Å². The summed E-state index contributed by atoms with van der Waals surface area (Å²) in [4.78, 5) is 14.0. The van der Waals surface area contributed by atoms with E-state index in [0.29, 0.717) is 13.1 Å². The van der Waals surface area contributed by atoms with Gasteiger partial charge < -0.3 is 10.6 Å². The van der Waals surface area contributed by atoms with Crippen LogP contribution in [-0.2, 0) is 0 Å². The van der Waals surface area contributed by atoms with E-state index in [9.17, 15) is 13.6 Å². The van der Waals surface area contributed by atoms with Gasteiger partial charge in [0.2, 0.25) is 0 Å². The number of rotatable bonds is 4. The SMILES string of the molecule is NCCCC1CCCN1C(=O)c1cc(F)cc(F)c1. The average Bonchev–Trinajstić information content (AvgIpc) is 2.82. The predicted molar refractivity (Wildman–Crippen MR) is 68.7 cm³/mol. The Morgan fingerprint density at radius 1 is 1.32 bits per heavy atom. The first-order valence-corrected chi connectivity index (χ1v) is 6.59. The Bertz CT molecular complexity index is 445. The molecule has 1 aromatic rings. The number of benzene rings is 1. The van der Waals surface area contributed by atoms with E-state index in [-0.39, 0.29) is 17.5 Å². The maximum Gasteiger partial charge on any atom is 0.254 e. The molecule has 1 unspecified atom stereocenters. The van der Waals surface area contributed by atoms with E-state index in [1.807, 2.05) is 0 Å². The summed E-state index contributed by atoms with van der Waals surface area (Å²) in [6.07, 6.45) is 3.56. The van der Waals surface area contributed by atoms with Gasteiger partial charge in [0.25, 0.3) is 5.91 Å². The van der Waals surface area contributed by atoms with Crippen LogP contribution in [-0.4, -0.2) is 29.9 Å². The molecule has 0 aromatic heterocycles. The van der Waals surface area contributed by atoms with Gasteiger partial charge in [-0.05, 0) is 44.4 Å². The molecule has 1 aliphatic heterocycles. The van der Waals surface area contributed by atoms with Gasteiger partial charge in [0, 0.05) is 24.2 Å². The monoisotopic (exact) mass is 268 g/mol. The molecule has 1 aromatic carbocycles. The van der Waals surface area contributed by atoms with E-state index in [0.717, 1.165) is 43.9 Å². The number of carbonyl (C=O) groups excluding carboxylic acids is 1. The van der Waals surface area contributed by atoms with Crippen molar-refractivity contribution in [2.45, 2.75) is 31.7 Å². The highest BCUT2D eigenvalue weighted by Crippen LogP contribution is 2.24. The lowest BCUT2D eigenvalue weighted by atomic mass is 10.1.